The summed E-state index contributed by atoms with van der Waals surface area (Å²) >= 11 is 0. The van der Waals surface area contributed by atoms with Gasteiger partial charge >= 0.3 is 0 Å². The van der Waals surface area contributed by atoms with Gasteiger partial charge in [-0.1, -0.05) is 12.1 Å². The van der Waals surface area contributed by atoms with Crippen molar-refractivity contribution in [1.29, 1.82) is 0 Å². The quantitative estimate of drug-likeness (QED) is 0.497. The van der Waals surface area contributed by atoms with Crippen LogP contribution < -0.4 is 14.2 Å². The van der Waals surface area contributed by atoms with Crippen molar-refractivity contribution in [3.8, 4) is 11.5 Å². The summed E-state index contributed by atoms with van der Waals surface area (Å²) in [6.45, 7) is 1.06. The number of amides is 1. The Bertz CT molecular complexity index is 1400. The van der Waals surface area contributed by atoms with Gasteiger partial charge in [-0.25, -0.2) is 17.5 Å². The van der Waals surface area contributed by atoms with Crippen molar-refractivity contribution in [3.63, 3.8) is 0 Å². The predicted octanol–water partition coefficient (Wildman–Crippen LogP) is 2.83. The third-order valence-corrected chi connectivity index (χ3v) is 7.75. The molecule has 10 heteroatoms. The lowest BCUT2D eigenvalue weighted by Crippen LogP contribution is -2.81. The first-order valence-electron chi connectivity index (χ1n) is 11.4. The van der Waals surface area contributed by atoms with Crippen LogP contribution in [0.5, 0.6) is 11.5 Å². The molecule has 2 aliphatic heterocycles. The Morgan fingerprint density at radius 2 is 1.64 bits per heavy atom. The van der Waals surface area contributed by atoms with Crippen LogP contribution in [0, 0.1) is 11.2 Å². The maximum absolute atomic E-state index is 13.3. The standard InChI is InChI=1S/C26H27FN2O6S/c1-33-22-9-5-20-12-23(10-6-19(20)11-22)35-15-25(26(16-34-17-26)28-36(2,31)32)13-29(14-25)24(30)18-3-7-21(27)8-4-18/h3-12,28H,13-17H2,1-2H3. The molecule has 0 atom stereocenters. The van der Waals surface area contributed by atoms with E-state index in [1.807, 2.05) is 36.4 Å². The van der Waals surface area contributed by atoms with Crippen LogP contribution in [0.2, 0.25) is 0 Å². The van der Waals surface area contributed by atoms with Gasteiger partial charge in [-0.2, -0.15) is 0 Å². The molecule has 2 saturated heterocycles. The van der Waals surface area contributed by atoms with E-state index in [-0.39, 0.29) is 38.8 Å². The van der Waals surface area contributed by atoms with Gasteiger partial charge in [-0.05, 0) is 59.3 Å². The number of benzene rings is 3. The highest BCUT2D eigenvalue weighted by atomic mass is 32.2. The van der Waals surface area contributed by atoms with Crippen molar-refractivity contribution in [2.75, 3.05) is 46.3 Å². The van der Waals surface area contributed by atoms with Crippen LogP contribution in [0.1, 0.15) is 10.4 Å². The molecule has 190 valence electrons. The van der Waals surface area contributed by atoms with Crippen LogP contribution in [0.3, 0.4) is 0 Å². The molecule has 8 nitrogen and oxygen atoms in total. The van der Waals surface area contributed by atoms with Gasteiger partial charge in [0.25, 0.3) is 5.91 Å². The van der Waals surface area contributed by atoms with Gasteiger partial charge in [-0.15, -0.1) is 0 Å². The minimum absolute atomic E-state index is 0.174. The smallest absolute Gasteiger partial charge is 0.253 e. The fourth-order valence-electron chi connectivity index (χ4n) is 4.91. The molecule has 36 heavy (non-hydrogen) atoms. The molecular weight excluding hydrogens is 487 g/mol. The van der Waals surface area contributed by atoms with Gasteiger partial charge in [0.05, 0.1) is 44.1 Å². The van der Waals surface area contributed by atoms with Crippen molar-refractivity contribution in [3.05, 3.63) is 72.0 Å². The highest BCUT2D eigenvalue weighted by Crippen LogP contribution is 2.46. The first kappa shape index (κ1) is 24.5. The molecule has 0 aliphatic carbocycles. The number of likely N-dealkylation sites (tertiary alicyclic amines) is 1. The van der Waals surface area contributed by atoms with Crippen molar-refractivity contribution < 1.29 is 31.8 Å². The molecule has 0 spiro atoms. The van der Waals surface area contributed by atoms with Gasteiger partial charge in [0, 0.05) is 18.7 Å². The average molecular weight is 515 g/mol. The summed E-state index contributed by atoms with van der Waals surface area (Å²) in [5, 5.41) is 1.97. The maximum atomic E-state index is 13.3. The van der Waals surface area contributed by atoms with E-state index in [1.165, 1.54) is 24.3 Å². The molecule has 3 aromatic carbocycles. The van der Waals surface area contributed by atoms with Crippen molar-refractivity contribution in [2.24, 2.45) is 5.41 Å². The maximum Gasteiger partial charge on any atom is 0.253 e. The molecule has 2 aliphatic rings. The lowest BCUT2D eigenvalue weighted by atomic mass is 9.63. The summed E-state index contributed by atoms with van der Waals surface area (Å²) in [5.74, 6) is 0.717. The third kappa shape index (κ3) is 4.52. The number of methoxy groups -OCH3 is 1. The number of carbonyl (C=O) groups excluding carboxylic acids is 1. The van der Waals surface area contributed by atoms with Crippen LogP contribution in [-0.4, -0.2) is 71.0 Å². The lowest BCUT2D eigenvalue weighted by Gasteiger charge is -2.62. The number of sulfonamides is 1. The molecule has 1 amide bonds. The molecule has 1 N–H and O–H groups in total. The van der Waals surface area contributed by atoms with E-state index in [2.05, 4.69) is 4.72 Å². The molecule has 2 heterocycles. The molecule has 0 aromatic heterocycles. The van der Waals surface area contributed by atoms with E-state index in [1.54, 1.807) is 12.0 Å². The Balaban J connectivity index is 1.39. The van der Waals surface area contributed by atoms with Gasteiger partial charge in [0.2, 0.25) is 10.0 Å². The molecule has 5 rings (SSSR count). The van der Waals surface area contributed by atoms with Gasteiger partial charge in [0.1, 0.15) is 17.3 Å². The Morgan fingerprint density at radius 3 is 2.19 bits per heavy atom. The summed E-state index contributed by atoms with van der Waals surface area (Å²) < 4.78 is 57.5. The minimum atomic E-state index is -3.56. The minimum Gasteiger partial charge on any atom is -0.497 e. The van der Waals surface area contributed by atoms with Crippen LogP contribution in [0.25, 0.3) is 10.8 Å². The van der Waals surface area contributed by atoms with Crippen LogP contribution in [-0.2, 0) is 14.8 Å². The zero-order valence-electron chi connectivity index (χ0n) is 20.0. The summed E-state index contributed by atoms with van der Waals surface area (Å²) in [6.07, 6.45) is 1.11. The van der Waals surface area contributed by atoms with Crippen molar-refractivity contribution in [1.82, 2.24) is 9.62 Å². The first-order chi connectivity index (χ1) is 17.1. The van der Waals surface area contributed by atoms with Gasteiger partial charge < -0.3 is 19.1 Å². The Labute approximate surface area is 209 Å². The highest BCUT2D eigenvalue weighted by molar-refractivity contribution is 7.88. The zero-order chi connectivity index (χ0) is 25.6. The fourth-order valence-corrected chi connectivity index (χ4v) is 5.95. The zero-order valence-corrected chi connectivity index (χ0v) is 20.8. The number of carbonyl (C=O) groups is 1. The van der Waals surface area contributed by atoms with E-state index in [9.17, 15) is 17.6 Å². The van der Waals surface area contributed by atoms with Gasteiger partial charge in [-0.3, -0.25) is 4.79 Å². The van der Waals surface area contributed by atoms with E-state index < -0.39 is 26.8 Å². The SMILES string of the molecule is COc1ccc2cc(OCC3(C4(NS(C)(=O)=O)COC4)CN(C(=O)c4ccc(F)cc4)C3)ccc2c1. The summed E-state index contributed by atoms with van der Waals surface area (Å²) in [4.78, 5) is 14.6. The van der Waals surface area contributed by atoms with Crippen LogP contribution >= 0.6 is 0 Å². The molecule has 3 aromatic rings. The second-order valence-electron chi connectivity index (χ2n) is 9.56. The largest absolute Gasteiger partial charge is 0.497 e. The molecule has 0 bridgehead atoms. The van der Waals surface area contributed by atoms with E-state index in [0.717, 1.165) is 22.8 Å². The number of halogens is 1. The molecule has 0 radical (unpaired) electrons. The third-order valence-electron chi connectivity index (χ3n) is 6.99. The summed E-state index contributed by atoms with van der Waals surface area (Å²) in [6, 6.07) is 16.8. The lowest BCUT2D eigenvalue weighted by molar-refractivity contribution is -0.183. The Morgan fingerprint density at radius 1 is 1.03 bits per heavy atom. The molecule has 0 unspecified atom stereocenters. The Hall–Kier alpha value is -3.21. The van der Waals surface area contributed by atoms with E-state index in [0.29, 0.717) is 11.3 Å². The number of hydrogen-bond acceptors (Lipinski definition) is 6. The van der Waals surface area contributed by atoms with Crippen molar-refractivity contribution >= 4 is 26.7 Å². The van der Waals surface area contributed by atoms with E-state index >= 15 is 0 Å². The molecule has 0 saturated carbocycles. The summed E-state index contributed by atoms with van der Waals surface area (Å²) in [5.41, 5.74) is -1.24. The molecular formula is C26H27FN2O6S. The number of hydrogen-bond donors (Lipinski definition) is 1. The molecule has 2 fully saturated rings. The van der Waals surface area contributed by atoms with Crippen LogP contribution in [0.15, 0.2) is 60.7 Å². The number of nitrogens with one attached hydrogen (secondary N) is 1. The monoisotopic (exact) mass is 514 g/mol. The predicted molar refractivity (Wildman–Crippen MR) is 132 cm³/mol. The number of ether oxygens (including phenoxy) is 3. The topological polar surface area (TPSA) is 94.2 Å². The normalized spacial score (nSPS) is 18.2. The second-order valence-corrected chi connectivity index (χ2v) is 11.3. The second kappa shape index (κ2) is 9.02. The number of fused-ring (bicyclic) bond motifs is 1. The van der Waals surface area contributed by atoms with Crippen molar-refractivity contribution in [2.45, 2.75) is 5.54 Å². The van der Waals surface area contributed by atoms with Gasteiger partial charge in [0.15, 0.2) is 0 Å². The first-order valence-corrected chi connectivity index (χ1v) is 13.3. The average Bonchev–Trinajstić information content (AvgIpc) is 2.80. The summed E-state index contributed by atoms with van der Waals surface area (Å²) in [7, 11) is -1.94. The Kier molecular flexibility index (Phi) is 6.14. The van der Waals surface area contributed by atoms with Crippen LogP contribution in [0.4, 0.5) is 4.39 Å². The number of rotatable bonds is 8. The number of nitrogens with zero attached hydrogens (tertiary/aromatic N) is 1. The highest BCUT2D eigenvalue weighted by Gasteiger charge is 2.64. The van der Waals surface area contributed by atoms with E-state index in [4.69, 9.17) is 14.2 Å². The fraction of sp³-hybridized carbons (Fsp3) is 0.346.